The highest BCUT2D eigenvalue weighted by molar-refractivity contribution is 5.80. The molecule has 0 bridgehead atoms. The van der Waals surface area contributed by atoms with Crippen LogP contribution in [0.3, 0.4) is 0 Å². The lowest BCUT2D eigenvalue weighted by Gasteiger charge is -2.39. The fourth-order valence-corrected chi connectivity index (χ4v) is 3.46. The summed E-state index contributed by atoms with van der Waals surface area (Å²) in [5.74, 6) is 0.412. The SMILES string of the molecule is CCNC(=NCCc1ccn(-c2ccc(F)cc2)n1)N1CCN(C(C)C(F)(F)F)CC1. The minimum Gasteiger partial charge on any atom is -0.357 e. The Morgan fingerprint density at radius 1 is 1.13 bits per heavy atom. The van der Waals surface area contributed by atoms with Gasteiger partial charge in [-0.15, -0.1) is 0 Å². The van der Waals surface area contributed by atoms with Crippen LogP contribution in [0.25, 0.3) is 5.69 Å². The van der Waals surface area contributed by atoms with Gasteiger partial charge in [0.1, 0.15) is 11.9 Å². The first kappa shape index (κ1) is 23.1. The summed E-state index contributed by atoms with van der Waals surface area (Å²) in [6.07, 6.45) is -1.77. The number of piperazine rings is 1. The van der Waals surface area contributed by atoms with Gasteiger partial charge in [0, 0.05) is 51.9 Å². The van der Waals surface area contributed by atoms with Crippen LogP contribution in [0, 0.1) is 5.82 Å². The Morgan fingerprint density at radius 3 is 2.42 bits per heavy atom. The van der Waals surface area contributed by atoms with Crippen LogP contribution in [0.1, 0.15) is 19.5 Å². The maximum atomic E-state index is 13.1. The van der Waals surface area contributed by atoms with E-state index < -0.39 is 12.2 Å². The molecule has 1 unspecified atom stereocenters. The molecular weight excluding hydrogens is 412 g/mol. The molecule has 1 aliphatic heterocycles. The van der Waals surface area contributed by atoms with Crippen molar-refractivity contribution in [2.75, 3.05) is 39.3 Å². The highest BCUT2D eigenvalue weighted by Gasteiger charge is 2.41. The molecular formula is C21H28F4N6. The van der Waals surface area contributed by atoms with Crippen LogP contribution in [-0.2, 0) is 6.42 Å². The van der Waals surface area contributed by atoms with Crippen LogP contribution < -0.4 is 5.32 Å². The van der Waals surface area contributed by atoms with Crippen molar-refractivity contribution in [2.24, 2.45) is 4.99 Å². The van der Waals surface area contributed by atoms with Gasteiger partial charge in [-0.3, -0.25) is 9.89 Å². The van der Waals surface area contributed by atoms with Gasteiger partial charge in [0.15, 0.2) is 5.96 Å². The third-order valence-corrected chi connectivity index (χ3v) is 5.34. The average molecular weight is 440 g/mol. The molecule has 1 saturated heterocycles. The predicted octanol–water partition coefficient (Wildman–Crippen LogP) is 3.09. The van der Waals surface area contributed by atoms with Crippen LogP contribution in [0.15, 0.2) is 41.5 Å². The molecule has 170 valence electrons. The zero-order valence-electron chi connectivity index (χ0n) is 17.7. The second-order valence-electron chi connectivity index (χ2n) is 7.45. The number of guanidine groups is 1. The first-order valence-electron chi connectivity index (χ1n) is 10.4. The number of nitrogens with one attached hydrogen (secondary N) is 1. The Labute approximate surface area is 179 Å². The van der Waals surface area contributed by atoms with E-state index in [1.807, 2.05) is 24.1 Å². The van der Waals surface area contributed by atoms with Crippen molar-refractivity contribution in [2.45, 2.75) is 32.5 Å². The van der Waals surface area contributed by atoms with E-state index in [2.05, 4.69) is 15.4 Å². The number of halogens is 4. The molecule has 1 fully saturated rings. The number of nitrogens with zero attached hydrogens (tertiary/aromatic N) is 5. The van der Waals surface area contributed by atoms with E-state index in [4.69, 9.17) is 0 Å². The van der Waals surface area contributed by atoms with Crippen molar-refractivity contribution in [3.63, 3.8) is 0 Å². The van der Waals surface area contributed by atoms with Crippen LogP contribution in [0.4, 0.5) is 17.6 Å². The highest BCUT2D eigenvalue weighted by atomic mass is 19.4. The first-order valence-corrected chi connectivity index (χ1v) is 10.4. The number of aromatic nitrogens is 2. The van der Waals surface area contributed by atoms with E-state index >= 15 is 0 Å². The molecule has 1 atom stereocenters. The van der Waals surface area contributed by atoms with Gasteiger partial charge in [-0.2, -0.15) is 18.3 Å². The first-order chi connectivity index (χ1) is 14.8. The fraction of sp³-hybridized carbons (Fsp3) is 0.524. The summed E-state index contributed by atoms with van der Waals surface area (Å²) in [5.41, 5.74) is 1.63. The molecule has 0 amide bonds. The summed E-state index contributed by atoms with van der Waals surface area (Å²) >= 11 is 0. The molecule has 0 aliphatic carbocycles. The van der Waals surface area contributed by atoms with Crippen LogP contribution in [0.2, 0.25) is 0 Å². The van der Waals surface area contributed by atoms with Gasteiger partial charge in [-0.25, -0.2) is 9.07 Å². The van der Waals surface area contributed by atoms with E-state index in [0.717, 1.165) is 11.4 Å². The molecule has 1 aliphatic rings. The number of hydrogen-bond donors (Lipinski definition) is 1. The lowest BCUT2D eigenvalue weighted by molar-refractivity contribution is -0.181. The molecule has 2 heterocycles. The standard InChI is InChI=1S/C21H28F4N6/c1-3-26-20(30-14-12-29(13-15-30)16(2)21(23,24)25)27-10-8-18-9-11-31(28-18)19-6-4-17(22)5-7-19/h4-7,9,11,16H,3,8,10,12-15H2,1-2H3,(H,26,27). The molecule has 1 aromatic heterocycles. The maximum absolute atomic E-state index is 13.1. The number of benzene rings is 1. The topological polar surface area (TPSA) is 48.7 Å². The van der Waals surface area contributed by atoms with Gasteiger partial charge in [0.25, 0.3) is 0 Å². The van der Waals surface area contributed by atoms with Crippen molar-refractivity contribution >= 4 is 5.96 Å². The normalized spacial score (nSPS) is 17.1. The third-order valence-electron chi connectivity index (χ3n) is 5.34. The summed E-state index contributed by atoms with van der Waals surface area (Å²) < 4.78 is 53.6. The van der Waals surface area contributed by atoms with Crippen LogP contribution in [-0.4, -0.2) is 77.0 Å². The average Bonchev–Trinajstić information content (AvgIpc) is 3.21. The van der Waals surface area contributed by atoms with Crippen LogP contribution in [0.5, 0.6) is 0 Å². The molecule has 1 N–H and O–H groups in total. The number of alkyl halides is 3. The Hall–Kier alpha value is -2.62. The Kier molecular flexibility index (Phi) is 7.53. The monoisotopic (exact) mass is 440 g/mol. The minimum atomic E-state index is -4.21. The molecule has 10 heteroatoms. The van der Waals surface area contributed by atoms with Gasteiger partial charge >= 0.3 is 6.18 Å². The number of aliphatic imine (C=N–C) groups is 1. The van der Waals surface area contributed by atoms with E-state index in [1.165, 1.54) is 24.0 Å². The summed E-state index contributed by atoms with van der Waals surface area (Å²) in [6, 6.07) is 6.55. The van der Waals surface area contributed by atoms with E-state index in [0.29, 0.717) is 51.6 Å². The van der Waals surface area contributed by atoms with Gasteiger partial charge < -0.3 is 10.2 Å². The third kappa shape index (κ3) is 6.19. The van der Waals surface area contributed by atoms with Crippen molar-refractivity contribution in [1.82, 2.24) is 24.9 Å². The second kappa shape index (κ2) is 10.1. The molecule has 0 saturated carbocycles. The predicted molar refractivity (Wildman–Crippen MR) is 112 cm³/mol. The Bertz CT molecular complexity index is 854. The molecule has 0 radical (unpaired) electrons. The number of rotatable bonds is 6. The maximum Gasteiger partial charge on any atom is 0.403 e. The highest BCUT2D eigenvalue weighted by Crippen LogP contribution is 2.25. The summed E-state index contributed by atoms with van der Waals surface area (Å²) in [5, 5.41) is 7.72. The summed E-state index contributed by atoms with van der Waals surface area (Å²) in [6.45, 7) is 6.01. The molecule has 3 rings (SSSR count). The Morgan fingerprint density at radius 2 is 1.81 bits per heavy atom. The molecule has 0 spiro atoms. The van der Waals surface area contributed by atoms with Crippen molar-refractivity contribution in [1.29, 1.82) is 0 Å². The van der Waals surface area contributed by atoms with Crippen molar-refractivity contribution in [3.8, 4) is 5.69 Å². The van der Waals surface area contributed by atoms with Crippen molar-refractivity contribution in [3.05, 3.63) is 48.0 Å². The summed E-state index contributed by atoms with van der Waals surface area (Å²) in [4.78, 5) is 8.10. The van der Waals surface area contributed by atoms with E-state index in [9.17, 15) is 17.6 Å². The zero-order chi connectivity index (χ0) is 22.4. The Balaban J connectivity index is 1.55. The number of hydrogen-bond acceptors (Lipinski definition) is 3. The van der Waals surface area contributed by atoms with E-state index in [-0.39, 0.29) is 5.82 Å². The lowest BCUT2D eigenvalue weighted by Crippen LogP contribution is -2.56. The van der Waals surface area contributed by atoms with Gasteiger partial charge in [0.2, 0.25) is 0 Å². The van der Waals surface area contributed by atoms with Crippen LogP contribution >= 0.6 is 0 Å². The minimum absolute atomic E-state index is 0.296. The molecule has 31 heavy (non-hydrogen) atoms. The molecule has 1 aromatic carbocycles. The van der Waals surface area contributed by atoms with Gasteiger partial charge in [-0.1, -0.05) is 0 Å². The van der Waals surface area contributed by atoms with Crippen molar-refractivity contribution < 1.29 is 17.6 Å². The zero-order valence-corrected chi connectivity index (χ0v) is 17.7. The molecule has 6 nitrogen and oxygen atoms in total. The van der Waals surface area contributed by atoms with E-state index in [1.54, 1.807) is 16.8 Å². The lowest BCUT2D eigenvalue weighted by atomic mass is 10.2. The molecule has 2 aromatic rings. The fourth-order valence-electron chi connectivity index (χ4n) is 3.46. The second-order valence-corrected chi connectivity index (χ2v) is 7.45. The largest absolute Gasteiger partial charge is 0.403 e. The smallest absolute Gasteiger partial charge is 0.357 e. The van der Waals surface area contributed by atoms with Gasteiger partial charge in [0.05, 0.1) is 11.4 Å². The summed E-state index contributed by atoms with van der Waals surface area (Å²) in [7, 11) is 0. The van der Waals surface area contributed by atoms with Gasteiger partial charge in [-0.05, 0) is 44.2 Å². The quantitative estimate of drug-likeness (QED) is 0.426.